The van der Waals surface area contributed by atoms with Crippen LogP contribution < -0.4 is 4.90 Å². The molecule has 1 unspecified atom stereocenters. The van der Waals surface area contributed by atoms with Crippen LogP contribution in [0, 0.1) is 11.3 Å². The average molecular weight is 273 g/mol. The zero-order valence-corrected chi connectivity index (χ0v) is 11.8. The minimum Gasteiger partial charge on any atom is -0.368 e. The van der Waals surface area contributed by atoms with Crippen LogP contribution in [-0.2, 0) is 0 Å². The van der Waals surface area contributed by atoms with Gasteiger partial charge in [-0.2, -0.15) is 5.26 Å². The average Bonchev–Trinajstić information content (AvgIpc) is 2.83. The topological polar surface area (TPSA) is 27.0 Å². The maximum atomic E-state index is 9.18. The van der Waals surface area contributed by atoms with Crippen molar-refractivity contribution < 1.29 is 0 Å². The Morgan fingerprint density at radius 1 is 1.16 bits per heavy atom. The van der Waals surface area contributed by atoms with Crippen molar-refractivity contribution in [2.75, 3.05) is 11.4 Å². The minimum absolute atomic E-state index is 0. The van der Waals surface area contributed by atoms with Crippen LogP contribution in [0.3, 0.4) is 0 Å². The lowest BCUT2D eigenvalue weighted by atomic mass is 10.0. The molecule has 1 saturated heterocycles. The Morgan fingerprint density at radius 2 is 1.89 bits per heavy atom. The number of rotatable bonds is 1. The highest BCUT2D eigenvalue weighted by Gasteiger charge is 2.22. The molecule has 0 aromatic heterocycles. The van der Waals surface area contributed by atoms with Gasteiger partial charge in [-0.1, -0.05) is 24.3 Å². The van der Waals surface area contributed by atoms with E-state index in [1.807, 2.05) is 24.3 Å². The molecule has 0 amide bonds. The molecule has 0 radical (unpaired) electrons. The number of nitrogens with zero attached hydrogens (tertiary/aromatic N) is 2. The smallest absolute Gasteiger partial charge is 0.0998 e. The second kappa shape index (κ2) is 5.50. The first-order valence-electron chi connectivity index (χ1n) is 6.50. The van der Waals surface area contributed by atoms with Crippen molar-refractivity contribution in [1.29, 1.82) is 5.26 Å². The van der Waals surface area contributed by atoms with Crippen molar-refractivity contribution in [3.8, 4) is 6.07 Å². The summed E-state index contributed by atoms with van der Waals surface area (Å²) in [7, 11) is 0. The molecule has 1 fully saturated rings. The second-order valence-corrected chi connectivity index (χ2v) is 4.97. The fraction of sp³-hybridized carbons (Fsp3) is 0.312. The zero-order chi connectivity index (χ0) is 12.5. The highest BCUT2D eigenvalue weighted by Crippen LogP contribution is 2.33. The van der Waals surface area contributed by atoms with Crippen LogP contribution in [-0.4, -0.2) is 12.6 Å². The van der Waals surface area contributed by atoms with Gasteiger partial charge in [0.25, 0.3) is 0 Å². The third kappa shape index (κ3) is 2.27. The quantitative estimate of drug-likeness (QED) is 0.781. The molecule has 0 saturated carbocycles. The molecule has 0 N–H and O–H groups in total. The summed E-state index contributed by atoms with van der Waals surface area (Å²) >= 11 is 0. The van der Waals surface area contributed by atoms with Gasteiger partial charge in [0.1, 0.15) is 0 Å². The lowest BCUT2D eigenvalue weighted by Crippen LogP contribution is -2.26. The van der Waals surface area contributed by atoms with Crippen molar-refractivity contribution in [3.05, 3.63) is 42.0 Å². The maximum absolute atomic E-state index is 9.18. The van der Waals surface area contributed by atoms with E-state index in [9.17, 15) is 5.26 Å². The van der Waals surface area contributed by atoms with E-state index < -0.39 is 0 Å². The Balaban J connectivity index is 0.00000133. The third-order valence-electron chi connectivity index (χ3n) is 3.88. The number of halogens is 1. The molecule has 0 aliphatic carbocycles. The Kier molecular flexibility index (Phi) is 3.97. The van der Waals surface area contributed by atoms with Crippen LogP contribution in [0.2, 0.25) is 0 Å². The minimum atomic E-state index is 0. The standard InChI is InChI=1S/C16H16N2.ClH/c1-12-5-4-10-18(12)16-9-8-13(11-17)14-6-2-3-7-15(14)16;/h2-3,6-9,12H,4-5,10H2,1H3;1H. The fourth-order valence-corrected chi connectivity index (χ4v) is 2.92. The van der Waals surface area contributed by atoms with Crippen molar-refractivity contribution in [3.63, 3.8) is 0 Å². The third-order valence-corrected chi connectivity index (χ3v) is 3.88. The summed E-state index contributed by atoms with van der Waals surface area (Å²) in [6, 6.07) is 15.1. The Morgan fingerprint density at radius 3 is 2.53 bits per heavy atom. The van der Waals surface area contributed by atoms with E-state index >= 15 is 0 Å². The van der Waals surface area contributed by atoms with Gasteiger partial charge in [-0.3, -0.25) is 0 Å². The van der Waals surface area contributed by atoms with E-state index in [-0.39, 0.29) is 12.4 Å². The number of anilines is 1. The molecule has 19 heavy (non-hydrogen) atoms. The van der Waals surface area contributed by atoms with Crippen molar-refractivity contribution in [1.82, 2.24) is 0 Å². The normalized spacial score (nSPS) is 18.1. The lowest BCUT2D eigenvalue weighted by Gasteiger charge is -2.25. The van der Waals surface area contributed by atoms with Crippen LogP contribution in [0.25, 0.3) is 10.8 Å². The molecule has 2 nitrogen and oxygen atoms in total. The van der Waals surface area contributed by atoms with Crippen molar-refractivity contribution in [2.24, 2.45) is 0 Å². The Labute approximate surface area is 120 Å². The Bertz CT molecular complexity index is 630. The first kappa shape index (κ1) is 13.7. The number of nitriles is 1. The molecule has 2 aromatic carbocycles. The molecule has 1 heterocycles. The highest BCUT2D eigenvalue weighted by atomic mass is 35.5. The summed E-state index contributed by atoms with van der Waals surface area (Å²) in [6.07, 6.45) is 2.52. The maximum Gasteiger partial charge on any atom is 0.0998 e. The van der Waals surface area contributed by atoms with Gasteiger partial charge in [0.15, 0.2) is 0 Å². The van der Waals surface area contributed by atoms with Crippen molar-refractivity contribution in [2.45, 2.75) is 25.8 Å². The van der Waals surface area contributed by atoms with Gasteiger partial charge in [0.05, 0.1) is 11.6 Å². The monoisotopic (exact) mass is 272 g/mol. The number of hydrogen-bond acceptors (Lipinski definition) is 2. The number of fused-ring (bicyclic) bond motifs is 1. The van der Waals surface area contributed by atoms with Gasteiger partial charge in [0, 0.05) is 29.0 Å². The molecule has 1 aliphatic rings. The second-order valence-electron chi connectivity index (χ2n) is 4.97. The van der Waals surface area contributed by atoms with Crippen molar-refractivity contribution >= 4 is 28.9 Å². The predicted molar refractivity (Wildman–Crippen MR) is 82.0 cm³/mol. The van der Waals surface area contributed by atoms with Crippen LogP contribution in [0.15, 0.2) is 36.4 Å². The number of hydrogen-bond donors (Lipinski definition) is 0. The molecule has 1 atom stereocenters. The molecule has 3 heteroatoms. The summed E-state index contributed by atoms with van der Waals surface area (Å²) < 4.78 is 0. The van der Waals surface area contributed by atoms with E-state index in [0.717, 1.165) is 17.5 Å². The van der Waals surface area contributed by atoms with E-state index in [1.54, 1.807) is 0 Å². The zero-order valence-electron chi connectivity index (χ0n) is 11.0. The van der Waals surface area contributed by atoms with Crippen LogP contribution in [0.4, 0.5) is 5.69 Å². The Hall–Kier alpha value is -1.72. The first-order valence-corrected chi connectivity index (χ1v) is 6.50. The molecular weight excluding hydrogens is 256 g/mol. The SMILES string of the molecule is CC1CCCN1c1ccc(C#N)c2ccccc12.Cl. The van der Waals surface area contributed by atoms with Gasteiger partial charge in [-0.05, 0) is 31.9 Å². The fourth-order valence-electron chi connectivity index (χ4n) is 2.92. The van der Waals surface area contributed by atoms with Gasteiger partial charge in [0.2, 0.25) is 0 Å². The van der Waals surface area contributed by atoms with E-state index in [0.29, 0.717) is 6.04 Å². The predicted octanol–water partition coefficient (Wildman–Crippen LogP) is 4.12. The van der Waals surface area contributed by atoms with Crippen LogP contribution in [0.5, 0.6) is 0 Å². The van der Waals surface area contributed by atoms with Crippen LogP contribution in [0.1, 0.15) is 25.3 Å². The molecular formula is C16H17ClN2. The molecule has 98 valence electrons. The van der Waals surface area contributed by atoms with Gasteiger partial charge >= 0.3 is 0 Å². The summed E-state index contributed by atoms with van der Waals surface area (Å²) in [5.41, 5.74) is 2.04. The van der Waals surface area contributed by atoms with Gasteiger partial charge < -0.3 is 4.90 Å². The first-order chi connectivity index (χ1) is 8.81. The van der Waals surface area contributed by atoms with E-state index in [1.165, 1.54) is 23.9 Å². The summed E-state index contributed by atoms with van der Waals surface area (Å²) in [5.74, 6) is 0. The largest absolute Gasteiger partial charge is 0.368 e. The summed E-state index contributed by atoms with van der Waals surface area (Å²) in [6.45, 7) is 3.40. The lowest BCUT2D eigenvalue weighted by molar-refractivity contribution is 0.737. The molecule has 2 aromatic rings. The highest BCUT2D eigenvalue weighted by molar-refractivity contribution is 5.98. The van der Waals surface area contributed by atoms with E-state index in [4.69, 9.17) is 0 Å². The molecule has 1 aliphatic heterocycles. The molecule has 0 spiro atoms. The molecule has 0 bridgehead atoms. The van der Waals surface area contributed by atoms with Gasteiger partial charge in [-0.15, -0.1) is 12.4 Å². The molecule has 3 rings (SSSR count). The van der Waals surface area contributed by atoms with Crippen LogP contribution >= 0.6 is 12.4 Å². The summed E-state index contributed by atoms with van der Waals surface area (Å²) in [4.78, 5) is 2.46. The van der Waals surface area contributed by atoms with Gasteiger partial charge in [-0.25, -0.2) is 0 Å². The summed E-state index contributed by atoms with van der Waals surface area (Å²) in [5, 5.41) is 11.4. The van der Waals surface area contributed by atoms with E-state index in [2.05, 4.69) is 30.0 Å². The number of benzene rings is 2.